The zero-order valence-corrected chi connectivity index (χ0v) is 15.1. The highest BCUT2D eigenvalue weighted by Gasteiger charge is 2.25. The lowest BCUT2D eigenvalue weighted by Gasteiger charge is -2.30. The Labute approximate surface area is 150 Å². The van der Waals surface area contributed by atoms with Gasteiger partial charge in [0.2, 0.25) is 0 Å². The molecule has 0 spiro atoms. The topological polar surface area (TPSA) is 19.4 Å². The van der Waals surface area contributed by atoms with E-state index in [9.17, 15) is 0 Å². The van der Waals surface area contributed by atoms with Crippen LogP contribution in [0.25, 0.3) is 0 Å². The van der Waals surface area contributed by atoms with Gasteiger partial charge in [0.1, 0.15) is 0 Å². The number of halogens is 1. The molecule has 128 valence electrons. The Morgan fingerprint density at radius 1 is 1.17 bits per heavy atom. The minimum atomic E-state index is 0.652. The van der Waals surface area contributed by atoms with Crippen LogP contribution in [0.1, 0.15) is 30.9 Å². The monoisotopic (exact) mass is 343 g/mol. The van der Waals surface area contributed by atoms with Crippen molar-refractivity contribution in [2.24, 2.45) is 0 Å². The van der Waals surface area contributed by atoms with Crippen molar-refractivity contribution in [1.29, 1.82) is 0 Å². The third-order valence-electron chi connectivity index (χ3n) is 4.88. The van der Waals surface area contributed by atoms with Gasteiger partial charge < -0.3 is 0 Å². The smallest absolute Gasteiger partial charge is 0.0451 e. The maximum Gasteiger partial charge on any atom is 0.0451 e. The molecule has 0 bridgehead atoms. The Kier molecular flexibility index (Phi) is 6.24. The lowest BCUT2D eigenvalue weighted by Crippen LogP contribution is -2.39. The van der Waals surface area contributed by atoms with E-state index in [1.807, 2.05) is 24.5 Å². The molecule has 0 saturated carbocycles. The van der Waals surface area contributed by atoms with Gasteiger partial charge in [-0.1, -0.05) is 36.7 Å². The van der Waals surface area contributed by atoms with Gasteiger partial charge in [-0.15, -0.1) is 0 Å². The molecule has 24 heavy (non-hydrogen) atoms. The summed E-state index contributed by atoms with van der Waals surface area (Å²) in [5.41, 5.74) is 2.51. The number of aromatic nitrogens is 1. The molecule has 1 aromatic heterocycles. The maximum atomic E-state index is 6.40. The molecule has 1 aliphatic rings. The molecule has 2 aromatic rings. The van der Waals surface area contributed by atoms with Gasteiger partial charge >= 0.3 is 0 Å². The molecule has 1 fully saturated rings. The van der Waals surface area contributed by atoms with Gasteiger partial charge in [-0.3, -0.25) is 14.8 Å². The number of nitrogens with zero attached hydrogens (tertiary/aromatic N) is 3. The van der Waals surface area contributed by atoms with E-state index in [-0.39, 0.29) is 0 Å². The minimum absolute atomic E-state index is 0.652. The van der Waals surface area contributed by atoms with Crippen molar-refractivity contribution in [3.8, 4) is 0 Å². The fraction of sp³-hybridized carbons (Fsp3) is 0.450. The first-order valence-electron chi connectivity index (χ1n) is 8.85. The average molecular weight is 344 g/mol. The van der Waals surface area contributed by atoms with Crippen LogP contribution in [0, 0.1) is 0 Å². The Bertz CT molecular complexity index is 632. The van der Waals surface area contributed by atoms with Gasteiger partial charge in [0.25, 0.3) is 0 Å². The third kappa shape index (κ3) is 4.56. The molecule has 2 heterocycles. The zero-order chi connectivity index (χ0) is 16.8. The number of hydrogen-bond donors (Lipinski definition) is 0. The van der Waals surface area contributed by atoms with Crippen LogP contribution >= 0.6 is 11.6 Å². The average Bonchev–Trinajstić information content (AvgIpc) is 3.05. The summed E-state index contributed by atoms with van der Waals surface area (Å²) < 4.78 is 0. The summed E-state index contributed by atoms with van der Waals surface area (Å²) in [6, 6.07) is 13.0. The predicted octanol–water partition coefficient (Wildman–Crippen LogP) is 4.22. The van der Waals surface area contributed by atoms with Crippen LogP contribution in [0.4, 0.5) is 0 Å². The van der Waals surface area contributed by atoms with E-state index in [0.717, 1.165) is 31.2 Å². The van der Waals surface area contributed by atoms with Crippen LogP contribution in [-0.2, 0) is 13.1 Å². The summed E-state index contributed by atoms with van der Waals surface area (Å²) in [5.74, 6) is 0. The first kappa shape index (κ1) is 17.4. The van der Waals surface area contributed by atoms with E-state index in [1.165, 1.54) is 30.5 Å². The van der Waals surface area contributed by atoms with E-state index in [2.05, 4.69) is 46.0 Å². The fourth-order valence-electron chi connectivity index (χ4n) is 3.62. The van der Waals surface area contributed by atoms with Crippen molar-refractivity contribution in [3.63, 3.8) is 0 Å². The quantitative estimate of drug-likeness (QED) is 0.750. The summed E-state index contributed by atoms with van der Waals surface area (Å²) in [7, 11) is 0. The fourth-order valence-corrected chi connectivity index (χ4v) is 3.81. The first-order valence-corrected chi connectivity index (χ1v) is 9.22. The van der Waals surface area contributed by atoms with Gasteiger partial charge in [0, 0.05) is 43.1 Å². The van der Waals surface area contributed by atoms with Gasteiger partial charge in [-0.25, -0.2) is 0 Å². The molecule has 4 heteroatoms. The summed E-state index contributed by atoms with van der Waals surface area (Å²) in [6.07, 6.45) is 6.35. The molecule has 0 radical (unpaired) electrons. The van der Waals surface area contributed by atoms with Crippen molar-refractivity contribution < 1.29 is 0 Å². The third-order valence-corrected chi connectivity index (χ3v) is 5.25. The highest BCUT2D eigenvalue weighted by Crippen LogP contribution is 2.22. The Morgan fingerprint density at radius 3 is 2.71 bits per heavy atom. The SMILES string of the molecule is CCN1CCC[C@@H]1CN(Cc1ccncc1)Cc1ccccc1Cl. The maximum absolute atomic E-state index is 6.40. The molecule has 1 aliphatic heterocycles. The van der Waals surface area contributed by atoms with Crippen LogP contribution in [0.15, 0.2) is 48.8 Å². The minimum Gasteiger partial charge on any atom is -0.299 e. The van der Waals surface area contributed by atoms with E-state index in [0.29, 0.717) is 6.04 Å². The highest BCUT2D eigenvalue weighted by molar-refractivity contribution is 6.31. The van der Waals surface area contributed by atoms with Crippen molar-refractivity contribution >= 4 is 11.6 Å². The standard InChI is InChI=1S/C20H26ClN3/c1-2-24-13-5-7-19(24)16-23(14-17-9-11-22-12-10-17)15-18-6-3-4-8-20(18)21/h3-4,6,8-12,19H,2,5,7,13-16H2,1H3/t19-/m1/s1. The normalized spacial score (nSPS) is 18.4. The molecule has 0 N–H and O–H groups in total. The van der Waals surface area contributed by atoms with Gasteiger partial charge in [0.05, 0.1) is 0 Å². The lowest BCUT2D eigenvalue weighted by molar-refractivity contribution is 0.166. The summed E-state index contributed by atoms with van der Waals surface area (Å²) in [6.45, 7) is 7.54. The van der Waals surface area contributed by atoms with Crippen LogP contribution in [0.5, 0.6) is 0 Å². The summed E-state index contributed by atoms with van der Waals surface area (Å²) in [4.78, 5) is 9.26. The predicted molar refractivity (Wildman–Crippen MR) is 100 cm³/mol. The molecule has 1 aromatic carbocycles. The van der Waals surface area contributed by atoms with E-state index >= 15 is 0 Å². The molecular formula is C20H26ClN3. The molecular weight excluding hydrogens is 318 g/mol. The lowest BCUT2D eigenvalue weighted by atomic mass is 10.1. The second-order valence-corrected chi connectivity index (χ2v) is 6.95. The Balaban J connectivity index is 1.74. The molecule has 0 unspecified atom stereocenters. The first-order chi connectivity index (χ1) is 11.8. The van der Waals surface area contributed by atoms with Crippen molar-refractivity contribution in [2.75, 3.05) is 19.6 Å². The van der Waals surface area contributed by atoms with Crippen molar-refractivity contribution in [1.82, 2.24) is 14.8 Å². The van der Waals surface area contributed by atoms with Crippen molar-refractivity contribution in [3.05, 3.63) is 64.9 Å². The van der Waals surface area contributed by atoms with E-state index < -0.39 is 0 Å². The largest absolute Gasteiger partial charge is 0.299 e. The van der Waals surface area contributed by atoms with Crippen molar-refractivity contribution in [2.45, 2.75) is 38.9 Å². The van der Waals surface area contributed by atoms with Crippen LogP contribution < -0.4 is 0 Å². The van der Waals surface area contributed by atoms with Crippen LogP contribution in [-0.4, -0.2) is 40.5 Å². The van der Waals surface area contributed by atoms with Gasteiger partial charge in [-0.2, -0.15) is 0 Å². The summed E-state index contributed by atoms with van der Waals surface area (Å²) >= 11 is 6.40. The molecule has 3 nitrogen and oxygen atoms in total. The highest BCUT2D eigenvalue weighted by atomic mass is 35.5. The number of rotatable bonds is 7. The second-order valence-electron chi connectivity index (χ2n) is 6.54. The molecule has 0 amide bonds. The molecule has 3 rings (SSSR count). The number of hydrogen-bond acceptors (Lipinski definition) is 3. The van der Waals surface area contributed by atoms with Gasteiger partial charge in [-0.05, 0) is 55.3 Å². The van der Waals surface area contributed by atoms with E-state index in [1.54, 1.807) is 0 Å². The Hall–Kier alpha value is -1.42. The molecule has 1 saturated heterocycles. The zero-order valence-electron chi connectivity index (χ0n) is 14.4. The van der Waals surface area contributed by atoms with Crippen LogP contribution in [0.2, 0.25) is 5.02 Å². The Morgan fingerprint density at radius 2 is 1.96 bits per heavy atom. The number of likely N-dealkylation sites (N-methyl/N-ethyl adjacent to an activating group) is 1. The second kappa shape index (κ2) is 8.61. The van der Waals surface area contributed by atoms with E-state index in [4.69, 9.17) is 11.6 Å². The number of likely N-dealkylation sites (tertiary alicyclic amines) is 1. The molecule has 0 aliphatic carbocycles. The number of pyridine rings is 1. The van der Waals surface area contributed by atoms with Crippen LogP contribution in [0.3, 0.4) is 0 Å². The van der Waals surface area contributed by atoms with Gasteiger partial charge in [0.15, 0.2) is 0 Å². The number of benzene rings is 1. The summed E-state index contributed by atoms with van der Waals surface area (Å²) in [5, 5.41) is 0.857. The molecule has 1 atom stereocenters.